The molecule has 0 saturated carbocycles. The van der Waals surface area contributed by atoms with Crippen LogP contribution in [0.25, 0.3) is 66.9 Å². The molecule has 2 aliphatic rings. The predicted molar refractivity (Wildman–Crippen MR) is 363 cm³/mol. The van der Waals surface area contributed by atoms with Gasteiger partial charge in [-0.05, 0) is 106 Å². The predicted octanol–water partition coefficient (Wildman–Crippen LogP) is 10.8. The van der Waals surface area contributed by atoms with Gasteiger partial charge >= 0.3 is 24.6 Å². The second-order valence-electron chi connectivity index (χ2n) is 24.7. The zero-order valence-electron chi connectivity index (χ0n) is 57.3. The lowest BCUT2D eigenvalue weighted by Gasteiger charge is -2.35. The van der Waals surface area contributed by atoms with Gasteiger partial charge in [-0.15, -0.1) is 12.4 Å². The minimum absolute atomic E-state index is 0. The Balaban J connectivity index is 0.000000200. The van der Waals surface area contributed by atoms with Crippen molar-refractivity contribution in [3.8, 4) is 69.2 Å². The number of alkyl halides is 9. The van der Waals surface area contributed by atoms with Gasteiger partial charge in [0.15, 0.2) is 17.1 Å². The third-order valence-corrected chi connectivity index (χ3v) is 16.5. The first-order valence-corrected chi connectivity index (χ1v) is 33.6. The number of imidazole rings is 3. The number of aromatic nitrogens is 9. The summed E-state index contributed by atoms with van der Waals surface area (Å²) in [7, 11) is 1.52. The van der Waals surface area contributed by atoms with Crippen molar-refractivity contribution >= 4 is 73.5 Å². The number of hydrogen-bond acceptors (Lipinski definition) is 20. The molecule has 2 aliphatic heterocycles. The van der Waals surface area contributed by atoms with Crippen molar-refractivity contribution in [1.29, 1.82) is 15.8 Å². The van der Waals surface area contributed by atoms with E-state index in [1.165, 1.54) is 54.2 Å². The molecule has 0 bridgehead atoms. The summed E-state index contributed by atoms with van der Waals surface area (Å²) in [5, 5.41) is 31.1. The van der Waals surface area contributed by atoms with Crippen LogP contribution in [0.15, 0.2) is 91.8 Å². The molecule has 0 atom stereocenters. The van der Waals surface area contributed by atoms with Crippen molar-refractivity contribution < 1.29 is 85.4 Å². The monoisotopic (exact) mass is 1510 g/mol. The number of benzene rings is 3. The quantitative estimate of drug-likeness (QED) is 0.0446. The van der Waals surface area contributed by atoms with Crippen molar-refractivity contribution in [3.63, 3.8) is 0 Å². The van der Waals surface area contributed by atoms with Crippen LogP contribution in [0.2, 0.25) is 0 Å². The van der Waals surface area contributed by atoms with Gasteiger partial charge in [0.2, 0.25) is 11.8 Å². The molecule has 105 heavy (non-hydrogen) atoms. The van der Waals surface area contributed by atoms with Gasteiger partial charge in [0.05, 0.1) is 109 Å². The Labute approximate surface area is 601 Å². The summed E-state index contributed by atoms with van der Waals surface area (Å²) in [5.74, 6) is -1.35. The Morgan fingerprint density at radius 2 is 0.914 bits per heavy atom. The number of halogens is 10. The molecule has 0 unspecified atom stereocenters. The Morgan fingerprint density at radius 1 is 0.543 bits per heavy atom. The minimum atomic E-state index is -4.71. The molecular weight excluding hydrogens is 1440 g/mol. The van der Waals surface area contributed by atoms with Crippen LogP contribution < -0.4 is 19.5 Å². The van der Waals surface area contributed by atoms with E-state index < -0.39 is 62.8 Å². The van der Waals surface area contributed by atoms with E-state index in [1.54, 1.807) is 83.6 Å². The Kier molecular flexibility index (Phi) is 25.3. The Morgan fingerprint density at radius 3 is 1.25 bits per heavy atom. The molecule has 556 valence electrons. The van der Waals surface area contributed by atoms with E-state index in [2.05, 4.69) is 39.4 Å². The number of piperazine rings is 2. The van der Waals surface area contributed by atoms with E-state index in [9.17, 15) is 78.1 Å². The van der Waals surface area contributed by atoms with Crippen molar-refractivity contribution in [2.24, 2.45) is 21.1 Å². The van der Waals surface area contributed by atoms with E-state index in [0.29, 0.717) is 78.7 Å². The highest BCUT2D eigenvalue weighted by atomic mass is 35.5. The number of nitrogens with zero attached hydrogens (tertiary/aromatic N) is 15. The minimum Gasteiger partial charge on any atom is -0.493 e. The van der Waals surface area contributed by atoms with Crippen LogP contribution in [0.5, 0.6) is 17.2 Å². The van der Waals surface area contributed by atoms with Crippen LogP contribution >= 0.6 is 12.4 Å². The number of hydrogen-bond donors (Lipinski definition) is 1. The number of aryl methyl sites for hydroxylation is 3. The SMILES string of the molecule is Cl.Cn1cnc2c(C#N)nc(-c3ccc(OCCCN4CCN(C(=O)OC(C)(C)C)CC4=O)c(C(F)(F)F)c3)cc21.Cn1cnc2c(C#N)nc(-c3ccc(OCCCN4CCNCC4=O)c(C(F)(F)F)c3)cc21.Cn1cnc2c(C#N)nc(-c3ccc(OCCCOS(C)(=O)=O)c(C(F)(F)F)c3)cc21. The summed E-state index contributed by atoms with van der Waals surface area (Å²) in [5.41, 5.74) is 0.469. The molecule has 0 spiro atoms. The molecule has 3 amide bonds. The first-order valence-electron chi connectivity index (χ1n) is 31.8. The number of carbonyl (C=O) groups is 3. The standard InChI is InChI=1S/C27H29F3N6O4.C22H21F3N6O2.C19H17F3N4O4S.ClH/c1-26(2,3)40-25(38)36-10-9-35(23(37)15-36)8-5-11-39-22-7-6-17(12-18(22)27(28,29)30)19-13-21-24(20(14-31)33-19)32-16-34(21)4;1-30-13-28-21-17(11-26)29-16(10-18(21)30)14-3-4-19(15(9-14)22(23,24)25)33-8-2-6-31-7-5-27-12-20(31)32;1-26-11-24-18-15(10-23)25-14(9-16(18)26)12-4-5-17(13(8-12)19(20,21)22)29-6-3-7-30-31(2,27)28;/h6-7,12-13,16H,5,8-11,15H2,1-4H3;3-4,9-10,13,27H,2,5-8,12H2,1H3;4-5,8-9,11H,3,6-7H2,1-2H3;1H. The lowest BCUT2D eigenvalue weighted by Crippen LogP contribution is -2.53. The number of carbonyl (C=O) groups excluding carboxylic acids is 3. The normalized spacial score (nSPS) is 13.6. The second-order valence-corrected chi connectivity index (χ2v) is 26.3. The Bertz CT molecular complexity index is 4940. The van der Waals surface area contributed by atoms with Crippen LogP contribution in [0.1, 0.15) is 73.8 Å². The maximum absolute atomic E-state index is 14.0. The van der Waals surface area contributed by atoms with Gasteiger partial charge in [-0.3, -0.25) is 18.7 Å². The van der Waals surface area contributed by atoms with Gasteiger partial charge in [0.25, 0.3) is 10.1 Å². The van der Waals surface area contributed by atoms with Crippen LogP contribution in [0.4, 0.5) is 44.3 Å². The first-order chi connectivity index (χ1) is 49.0. The Hall–Kier alpha value is -10.9. The van der Waals surface area contributed by atoms with E-state index >= 15 is 0 Å². The number of amides is 3. The summed E-state index contributed by atoms with van der Waals surface area (Å²) in [6.07, 6.45) is -8.44. The lowest BCUT2D eigenvalue weighted by atomic mass is 10.1. The summed E-state index contributed by atoms with van der Waals surface area (Å²) in [6, 6.07) is 21.3. The van der Waals surface area contributed by atoms with E-state index in [1.807, 2.05) is 18.2 Å². The zero-order chi connectivity index (χ0) is 75.6. The number of fused-ring (bicyclic) bond motifs is 3. The van der Waals surface area contributed by atoms with Crippen molar-refractivity contribution in [3.05, 3.63) is 126 Å². The molecule has 6 aromatic heterocycles. The van der Waals surface area contributed by atoms with Gasteiger partial charge in [-0.25, -0.2) is 34.7 Å². The highest BCUT2D eigenvalue weighted by molar-refractivity contribution is 7.86. The third kappa shape index (κ3) is 20.3. The first kappa shape index (κ1) is 79.8. The molecular formula is C68H68ClF9N16O10S. The fraction of sp³-hybridized carbons (Fsp3) is 0.382. The topological polar surface area (TPSA) is 317 Å². The van der Waals surface area contributed by atoms with Crippen molar-refractivity contribution in [2.45, 2.75) is 64.2 Å². The van der Waals surface area contributed by atoms with Gasteiger partial charge in [0.1, 0.15) is 64.2 Å². The lowest BCUT2D eigenvalue weighted by molar-refractivity contribution is -0.139. The highest BCUT2D eigenvalue weighted by Gasteiger charge is 2.38. The third-order valence-electron chi connectivity index (χ3n) is 15.9. The molecule has 26 nitrogen and oxygen atoms in total. The average molecular weight is 1510 g/mol. The van der Waals surface area contributed by atoms with E-state index in [4.69, 9.17) is 18.9 Å². The maximum Gasteiger partial charge on any atom is 0.419 e. The van der Waals surface area contributed by atoms with Gasteiger partial charge < -0.3 is 47.8 Å². The largest absolute Gasteiger partial charge is 0.493 e. The highest BCUT2D eigenvalue weighted by Crippen LogP contribution is 2.42. The molecule has 0 radical (unpaired) electrons. The summed E-state index contributed by atoms with van der Waals surface area (Å²) in [6.45, 7) is 7.52. The number of ether oxygens (including phenoxy) is 4. The summed E-state index contributed by atoms with van der Waals surface area (Å²) >= 11 is 0. The maximum atomic E-state index is 14.0. The van der Waals surface area contributed by atoms with Gasteiger partial charge in [0, 0.05) is 83.5 Å². The van der Waals surface area contributed by atoms with Crippen LogP contribution in [-0.4, -0.2) is 175 Å². The van der Waals surface area contributed by atoms with Crippen LogP contribution in [0, 0.1) is 34.0 Å². The van der Waals surface area contributed by atoms with Crippen molar-refractivity contribution in [2.75, 3.05) is 85.0 Å². The molecule has 0 aliphatic carbocycles. The molecule has 2 fully saturated rings. The fourth-order valence-corrected chi connectivity index (χ4v) is 11.2. The average Bonchev–Trinajstić information content (AvgIpc) is 1.78. The fourth-order valence-electron chi connectivity index (χ4n) is 10.8. The smallest absolute Gasteiger partial charge is 0.419 e. The summed E-state index contributed by atoms with van der Waals surface area (Å²) in [4.78, 5) is 65.9. The number of rotatable bonds is 19. The molecule has 8 heterocycles. The van der Waals surface area contributed by atoms with Gasteiger partial charge in [-0.1, -0.05) is 0 Å². The van der Waals surface area contributed by atoms with Crippen LogP contribution in [0.3, 0.4) is 0 Å². The van der Waals surface area contributed by atoms with E-state index in [0.717, 1.165) is 30.5 Å². The molecule has 3 aromatic carbocycles. The second kappa shape index (κ2) is 33.3. The molecule has 2 saturated heterocycles. The van der Waals surface area contributed by atoms with Crippen LogP contribution in [-0.2, 0) is 68.3 Å². The number of nitrogens with one attached hydrogen (secondary N) is 1. The zero-order valence-corrected chi connectivity index (χ0v) is 58.9. The molecule has 9 aromatic rings. The van der Waals surface area contributed by atoms with Gasteiger partial charge in [-0.2, -0.15) is 63.7 Å². The number of nitriles is 3. The number of pyridine rings is 3. The van der Waals surface area contributed by atoms with E-state index in [-0.39, 0.29) is 139 Å². The van der Waals surface area contributed by atoms with Crippen molar-refractivity contribution in [1.82, 2.24) is 63.6 Å². The molecule has 37 heteroatoms. The molecule has 11 rings (SSSR count). The summed E-state index contributed by atoms with van der Waals surface area (Å²) < 4.78 is 177. The molecule has 1 N–H and O–H groups in total.